The fourth-order valence-corrected chi connectivity index (χ4v) is 3.25. The number of hydrogen-bond donors (Lipinski definition) is 2. The number of aromatic hydroxyl groups is 1. The van der Waals surface area contributed by atoms with Gasteiger partial charge in [-0.15, -0.1) is 0 Å². The van der Waals surface area contributed by atoms with Crippen molar-refractivity contribution >= 4 is 12.3 Å². The Hall–Kier alpha value is -1.88. The number of carbonyl (C=O) groups is 2. The normalized spacial score (nSPS) is 19.5. The van der Waals surface area contributed by atoms with Crippen molar-refractivity contribution in [1.29, 1.82) is 0 Å². The summed E-state index contributed by atoms with van der Waals surface area (Å²) in [6.45, 7) is 3.20. The number of aldehydes is 1. The predicted molar refractivity (Wildman–Crippen MR) is 82.8 cm³/mol. The van der Waals surface area contributed by atoms with Crippen LogP contribution in [0.1, 0.15) is 31.7 Å². The molecule has 0 bridgehead atoms. The molecule has 1 aliphatic rings. The third kappa shape index (κ3) is 3.47. The van der Waals surface area contributed by atoms with E-state index in [0.29, 0.717) is 38.8 Å². The van der Waals surface area contributed by atoms with Crippen molar-refractivity contribution < 1.29 is 19.8 Å². The average Bonchev–Trinajstić information content (AvgIpc) is 2.53. The van der Waals surface area contributed by atoms with Crippen molar-refractivity contribution in [2.45, 2.75) is 38.1 Å². The number of nitrogens with zero attached hydrogens (tertiary/aromatic N) is 1. The summed E-state index contributed by atoms with van der Waals surface area (Å²) in [4.78, 5) is 25.0. The molecule has 1 heterocycles. The van der Waals surface area contributed by atoms with E-state index >= 15 is 0 Å². The first kappa shape index (κ1) is 16.5. The molecule has 2 rings (SSSR count). The van der Waals surface area contributed by atoms with Gasteiger partial charge in [0.2, 0.25) is 0 Å². The maximum absolute atomic E-state index is 11.8. The Morgan fingerprint density at radius 3 is 2.59 bits per heavy atom. The fourth-order valence-electron chi connectivity index (χ4n) is 3.25. The van der Waals surface area contributed by atoms with E-state index in [1.807, 2.05) is 13.0 Å². The van der Waals surface area contributed by atoms with Gasteiger partial charge in [0.05, 0.1) is 11.5 Å². The molecule has 0 amide bonds. The molecule has 0 aliphatic carbocycles. The van der Waals surface area contributed by atoms with Crippen LogP contribution < -0.4 is 0 Å². The highest BCUT2D eigenvalue weighted by molar-refractivity contribution is 5.70. The molecule has 120 valence electrons. The Bertz CT molecular complexity index is 537. The number of carboxylic acid groups (broad SMARTS) is 1. The number of likely N-dealkylation sites (tertiary alicyclic amines) is 1. The highest BCUT2D eigenvalue weighted by Gasteiger charge is 2.38. The molecule has 5 nitrogen and oxygen atoms in total. The van der Waals surface area contributed by atoms with Gasteiger partial charge < -0.3 is 15.0 Å². The molecule has 2 N–H and O–H groups in total. The van der Waals surface area contributed by atoms with Crippen LogP contribution in [0.25, 0.3) is 0 Å². The summed E-state index contributed by atoms with van der Waals surface area (Å²) in [6.07, 6.45) is 3.32. The second-order valence-corrected chi connectivity index (χ2v) is 6.02. The van der Waals surface area contributed by atoms with Gasteiger partial charge in [0.1, 0.15) is 12.0 Å². The third-order valence-corrected chi connectivity index (χ3v) is 4.73. The summed E-state index contributed by atoms with van der Waals surface area (Å²) in [5.41, 5.74) is 0.284. The van der Waals surface area contributed by atoms with Crippen molar-refractivity contribution in [2.75, 3.05) is 13.1 Å². The number of rotatable bonds is 6. The molecule has 1 saturated heterocycles. The van der Waals surface area contributed by atoms with Crippen molar-refractivity contribution in [1.82, 2.24) is 4.90 Å². The van der Waals surface area contributed by atoms with Crippen LogP contribution in [0.4, 0.5) is 0 Å². The highest BCUT2D eigenvalue weighted by atomic mass is 16.4. The molecular formula is C17H23NO4. The van der Waals surface area contributed by atoms with E-state index in [1.165, 1.54) is 0 Å². The zero-order chi connectivity index (χ0) is 16.2. The Morgan fingerprint density at radius 1 is 1.41 bits per heavy atom. The van der Waals surface area contributed by atoms with Gasteiger partial charge in [-0.1, -0.05) is 19.1 Å². The first-order valence-corrected chi connectivity index (χ1v) is 7.73. The van der Waals surface area contributed by atoms with Gasteiger partial charge in [0.15, 0.2) is 0 Å². The van der Waals surface area contributed by atoms with Crippen LogP contribution in [0, 0.1) is 5.92 Å². The smallest absolute Gasteiger partial charge is 0.306 e. The lowest BCUT2D eigenvalue weighted by molar-refractivity contribution is -0.144. The molecule has 1 fully saturated rings. The topological polar surface area (TPSA) is 77.8 Å². The lowest BCUT2D eigenvalue weighted by Gasteiger charge is -2.43. The van der Waals surface area contributed by atoms with Crippen molar-refractivity contribution in [3.63, 3.8) is 0 Å². The van der Waals surface area contributed by atoms with Crippen LogP contribution in [0.5, 0.6) is 5.75 Å². The molecule has 1 aromatic rings. The summed E-state index contributed by atoms with van der Waals surface area (Å²) in [7, 11) is 0. The Labute approximate surface area is 130 Å². The molecule has 5 heteroatoms. The van der Waals surface area contributed by atoms with E-state index in [4.69, 9.17) is 5.11 Å². The van der Waals surface area contributed by atoms with Crippen LogP contribution in [0.3, 0.4) is 0 Å². The van der Waals surface area contributed by atoms with Crippen LogP contribution in [-0.2, 0) is 16.0 Å². The number of hydrogen-bond acceptors (Lipinski definition) is 4. The summed E-state index contributed by atoms with van der Waals surface area (Å²) < 4.78 is 0. The zero-order valence-corrected chi connectivity index (χ0v) is 12.9. The van der Waals surface area contributed by atoms with Crippen molar-refractivity contribution in [2.24, 2.45) is 5.92 Å². The van der Waals surface area contributed by atoms with Gasteiger partial charge >= 0.3 is 5.97 Å². The number of aliphatic carboxylic acids is 1. The third-order valence-electron chi connectivity index (χ3n) is 4.73. The molecule has 0 aromatic heterocycles. The highest BCUT2D eigenvalue weighted by Crippen LogP contribution is 2.29. The van der Waals surface area contributed by atoms with Crippen LogP contribution >= 0.6 is 0 Å². The summed E-state index contributed by atoms with van der Waals surface area (Å²) in [6, 6.07) is 6.96. The number of phenolic OH excluding ortho intramolecular Hbond substituents is 1. The van der Waals surface area contributed by atoms with Crippen LogP contribution in [0.2, 0.25) is 0 Å². The Kier molecular flexibility index (Phi) is 5.19. The molecule has 1 atom stereocenters. The minimum absolute atomic E-state index is 0.193. The maximum atomic E-state index is 11.8. The molecule has 22 heavy (non-hydrogen) atoms. The number of piperidine rings is 1. The first-order chi connectivity index (χ1) is 10.5. The second kappa shape index (κ2) is 6.92. The van der Waals surface area contributed by atoms with Gasteiger partial charge in [-0.3, -0.25) is 9.69 Å². The van der Waals surface area contributed by atoms with E-state index in [1.54, 1.807) is 18.2 Å². The number of carbonyl (C=O) groups excluding carboxylic acids is 1. The van der Waals surface area contributed by atoms with Crippen LogP contribution in [-0.4, -0.2) is 46.0 Å². The maximum Gasteiger partial charge on any atom is 0.306 e. The van der Waals surface area contributed by atoms with Crippen molar-refractivity contribution in [3.05, 3.63) is 29.8 Å². The van der Waals surface area contributed by atoms with Gasteiger partial charge in [-0.2, -0.15) is 0 Å². The van der Waals surface area contributed by atoms with E-state index in [0.717, 1.165) is 11.8 Å². The number of benzene rings is 1. The fraction of sp³-hybridized carbons (Fsp3) is 0.529. The largest absolute Gasteiger partial charge is 0.508 e. The van der Waals surface area contributed by atoms with Crippen molar-refractivity contribution in [3.8, 4) is 5.75 Å². The summed E-state index contributed by atoms with van der Waals surface area (Å²) in [5, 5.41) is 18.7. The number of carboxylic acids is 1. The van der Waals surface area contributed by atoms with Gasteiger partial charge in [0, 0.05) is 0 Å². The molecule has 0 spiro atoms. The van der Waals surface area contributed by atoms with E-state index in [2.05, 4.69) is 4.90 Å². The number of phenols is 1. The van der Waals surface area contributed by atoms with Crippen LogP contribution in [0.15, 0.2) is 24.3 Å². The molecule has 0 saturated carbocycles. The Morgan fingerprint density at radius 2 is 2.09 bits per heavy atom. The standard InChI is InChI=1S/C17H23NO4/c1-2-17(12-19,11-13-4-3-5-15(20)10-13)18-8-6-14(7-9-18)16(21)22/h3-5,10,12,14,20H,2,6-9,11H2,1H3,(H,21,22). The van der Waals surface area contributed by atoms with Gasteiger partial charge in [0.25, 0.3) is 0 Å². The predicted octanol–water partition coefficient (Wildman–Crippen LogP) is 2.08. The Balaban J connectivity index is 2.15. The molecule has 1 aromatic carbocycles. The monoisotopic (exact) mass is 305 g/mol. The quantitative estimate of drug-likeness (QED) is 0.787. The second-order valence-electron chi connectivity index (χ2n) is 6.02. The van der Waals surface area contributed by atoms with Gasteiger partial charge in [-0.05, 0) is 56.5 Å². The molecule has 1 aliphatic heterocycles. The van der Waals surface area contributed by atoms with E-state index in [9.17, 15) is 14.7 Å². The first-order valence-electron chi connectivity index (χ1n) is 7.73. The average molecular weight is 305 g/mol. The molecule has 1 unspecified atom stereocenters. The summed E-state index contributed by atoms with van der Waals surface area (Å²) in [5.74, 6) is -0.864. The lowest BCUT2D eigenvalue weighted by Crippen LogP contribution is -2.54. The van der Waals surface area contributed by atoms with E-state index in [-0.39, 0.29) is 11.7 Å². The molecular weight excluding hydrogens is 282 g/mol. The van der Waals surface area contributed by atoms with Gasteiger partial charge in [-0.25, -0.2) is 0 Å². The zero-order valence-electron chi connectivity index (χ0n) is 12.9. The molecule has 0 radical (unpaired) electrons. The SMILES string of the molecule is CCC(C=O)(Cc1cccc(O)c1)N1CCC(C(=O)O)CC1. The van der Waals surface area contributed by atoms with E-state index < -0.39 is 11.5 Å². The minimum Gasteiger partial charge on any atom is -0.508 e. The summed E-state index contributed by atoms with van der Waals surface area (Å²) >= 11 is 0. The lowest BCUT2D eigenvalue weighted by atomic mass is 9.84. The minimum atomic E-state index is -0.749.